The Bertz CT molecular complexity index is 1060. The molecule has 160 valence electrons. The fourth-order valence-electron chi connectivity index (χ4n) is 2.79. The summed E-state index contributed by atoms with van der Waals surface area (Å²) in [6.07, 6.45) is 2.47. The molecule has 1 aliphatic heterocycles. The van der Waals surface area contributed by atoms with E-state index in [4.69, 9.17) is 14.9 Å². The number of thioether (sulfide) groups is 1. The smallest absolute Gasteiger partial charge is 0.341 e. The molecule has 2 N–H and O–H groups in total. The van der Waals surface area contributed by atoms with Crippen molar-refractivity contribution in [3.8, 4) is 5.75 Å². The molecule has 1 heterocycles. The SMILES string of the molecule is CCCN1C(=O)/C(=C/c2ccc(OCC(=O)O)cc2)SC1=Nc1cccc(C(=O)O)c1. The van der Waals surface area contributed by atoms with Gasteiger partial charge in [-0.3, -0.25) is 9.69 Å². The zero-order chi connectivity index (χ0) is 22.4. The number of amidine groups is 1. The molecular weight excluding hydrogens is 420 g/mol. The Morgan fingerprint density at radius 3 is 2.55 bits per heavy atom. The number of carbonyl (C=O) groups is 3. The first-order valence-electron chi connectivity index (χ1n) is 9.45. The van der Waals surface area contributed by atoms with E-state index in [-0.39, 0.29) is 11.5 Å². The number of carboxylic acids is 2. The van der Waals surface area contributed by atoms with Gasteiger partial charge in [-0.25, -0.2) is 14.6 Å². The molecule has 0 atom stereocenters. The van der Waals surface area contributed by atoms with Crippen molar-refractivity contribution in [3.63, 3.8) is 0 Å². The zero-order valence-electron chi connectivity index (χ0n) is 16.6. The summed E-state index contributed by atoms with van der Waals surface area (Å²) in [5, 5.41) is 18.3. The van der Waals surface area contributed by atoms with E-state index in [1.807, 2.05) is 6.92 Å². The van der Waals surface area contributed by atoms with Crippen molar-refractivity contribution >= 4 is 46.5 Å². The Labute approximate surface area is 182 Å². The highest BCUT2D eigenvalue weighted by Gasteiger charge is 2.32. The van der Waals surface area contributed by atoms with Gasteiger partial charge in [0.1, 0.15) is 5.75 Å². The Hall–Kier alpha value is -3.59. The largest absolute Gasteiger partial charge is 0.482 e. The summed E-state index contributed by atoms with van der Waals surface area (Å²) in [7, 11) is 0. The van der Waals surface area contributed by atoms with Gasteiger partial charge in [0, 0.05) is 6.54 Å². The van der Waals surface area contributed by atoms with E-state index in [0.717, 1.165) is 12.0 Å². The second-order valence-corrected chi connectivity index (χ2v) is 7.58. The van der Waals surface area contributed by atoms with E-state index in [2.05, 4.69) is 4.99 Å². The monoisotopic (exact) mass is 440 g/mol. The number of nitrogens with zero attached hydrogens (tertiary/aromatic N) is 2. The molecule has 0 spiro atoms. The van der Waals surface area contributed by atoms with E-state index in [0.29, 0.717) is 28.1 Å². The Morgan fingerprint density at radius 1 is 1.16 bits per heavy atom. The molecule has 3 rings (SSSR count). The van der Waals surface area contributed by atoms with Crippen LogP contribution in [0.5, 0.6) is 5.75 Å². The van der Waals surface area contributed by atoms with Crippen molar-refractivity contribution in [1.82, 2.24) is 4.90 Å². The molecule has 1 saturated heterocycles. The molecule has 1 amide bonds. The highest BCUT2D eigenvalue weighted by molar-refractivity contribution is 8.18. The Morgan fingerprint density at radius 2 is 1.90 bits per heavy atom. The summed E-state index contributed by atoms with van der Waals surface area (Å²) in [5.74, 6) is -1.86. The molecule has 0 saturated carbocycles. The van der Waals surface area contributed by atoms with Gasteiger partial charge in [0.25, 0.3) is 5.91 Å². The number of aliphatic imine (C=N–C) groups is 1. The molecule has 1 fully saturated rings. The maximum Gasteiger partial charge on any atom is 0.341 e. The topological polar surface area (TPSA) is 117 Å². The Kier molecular flexibility index (Phi) is 7.09. The van der Waals surface area contributed by atoms with Gasteiger partial charge in [0.05, 0.1) is 16.2 Å². The Balaban J connectivity index is 1.84. The molecule has 0 unspecified atom stereocenters. The van der Waals surface area contributed by atoms with Crippen molar-refractivity contribution in [1.29, 1.82) is 0 Å². The first-order valence-corrected chi connectivity index (χ1v) is 10.3. The maximum atomic E-state index is 12.9. The number of aromatic carboxylic acids is 1. The minimum atomic E-state index is -1.06. The van der Waals surface area contributed by atoms with Crippen molar-refractivity contribution in [2.24, 2.45) is 4.99 Å². The lowest BCUT2D eigenvalue weighted by Gasteiger charge is -2.14. The van der Waals surface area contributed by atoms with Crippen LogP contribution in [0.3, 0.4) is 0 Å². The van der Waals surface area contributed by atoms with E-state index >= 15 is 0 Å². The van der Waals surface area contributed by atoms with Crippen LogP contribution in [0.2, 0.25) is 0 Å². The summed E-state index contributed by atoms with van der Waals surface area (Å²) in [4.78, 5) is 41.2. The van der Waals surface area contributed by atoms with Gasteiger partial charge in [-0.05, 0) is 60.2 Å². The number of hydrogen-bond donors (Lipinski definition) is 2. The number of amides is 1. The minimum Gasteiger partial charge on any atom is -0.482 e. The first kappa shape index (κ1) is 22.1. The van der Waals surface area contributed by atoms with Gasteiger partial charge in [0.15, 0.2) is 11.8 Å². The van der Waals surface area contributed by atoms with E-state index in [1.165, 1.54) is 23.9 Å². The molecule has 0 bridgehead atoms. The van der Waals surface area contributed by atoms with E-state index in [1.54, 1.807) is 47.4 Å². The van der Waals surface area contributed by atoms with E-state index in [9.17, 15) is 14.4 Å². The number of rotatable bonds is 8. The molecule has 9 heteroatoms. The van der Waals surface area contributed by atoms with Crippen LogP contribution in [0.25, 0.3) is 6.08 Å². The number of hydrogen-bond acceptors (Lipinski definition) is 6. The average molecular weight is 440 g/mol. The third-order valence-corrected chi connectivity index (χ3v) is 5.20. The van der Waals surface area contributed by atoms with Crippen molar-refractivity contribution in [3.05, 3.63) is 64.6 Å². The van der Waals surface area contributed by atoms with Crippen molar-refractivity contribution < 1.29 is 29.3 Å². The lowest BCUT2D eigenvalue weighted by atomic mass is 10.2. The highest BCUT2D eigenvalue weighted by Crippen LogP contribution is 2.34. The summed E-state index contributed by atoms with van der Waals surface area (Å²) in [6.45, 7) is 2.02. The number of benzene rings is 2. The summed E-state index contributed by atoms with van der Waals surface area (Å²) in [6, 6.07) is 13.0. The predicted octanol–water partition coefficient (Wildman–Crippen LogP) is 3.86. The molecule has 0 radical (unpaired) electrons. The summed E-state index contributed by atoms with van der Waals surface area (Å²) < 4.78 is 5.11. The minimum absolute atomic E-state index is 0.124. The van der Waals surface area contributed by atoms with Crippen LogP contribution in [-0.4, -0.2) is 51.3 Å². The third kappa shape index (κ3) is 5.73. The fraction of sp³-hybridized carbons (Fsp3) is 0.182. The molecule has 31 heavy (non-hydrogen) atoms. The molecule has 0 aromatic heterocycles. The number of aliphatic carboxylic acids is 1. The van der Waals surface area contributed by atoms with Crippen LogP contribution in [0.1, 0.15) is 29.3 Å². The van der Waals surface area contributed by atoms with Crippen LogP contribution in [0.15, 0.2) is 58.4 Å². The second-order valence-electron chi connectivity index (χ2n) is 6.57. The van der Waals surface area contributed by atoms with Crippen LogP contribution in [-0.2, 0) is 9.59 Å². The van der Waals surface area contributed by atoms with Gasteiger partial charge in [-0.2, -0.15) is 0 Å². The first-order chi connectivity index (χ1) is 14.9. The quantitative estimate of drug-likeness (QED) is 0.599. The van der Waals surface area contributed by atoms with E-state index < -0.39 is 18.5 Å². The maximum absolute atomic E-state index is 12.9. The zero-order valence-corrected chi connectivity index (χ0v) is 17.5. The summed E-state index contributed by atoms with van der Waals surface area (Å²) >= 11 is 1.22. The van der Waals surface area contributed by atoms with Gasteiger partial charge >= 0.3 is 11.9 Å². The molecule has 8 nitrogen and oxygen atoms in total. The van der Waals surface area contributed by atoms with Crippen LogP contribution in [0, 0.1) is 0 Å². The lowest BCUT2D eigenvalue weighted by Crippen LogP contribution is -2.29. The second kappa shape index (κ2) is 9.94. The number of ether oxygens (including phenoxy) is 1. The van der Waals surface area contributed by atoms with Gasteiger partial charge in [-0.15, -0.1) is 0 Å². The van der Waals surface area contributed by atoms with Crippen molar-refractivity contribution in [2.75, 3.05) is 13.2 Å². The number of carbonyl (C=O) groups excluding carboxylic acids is 1. The third-order valence-electron chi connectivity index (χ3n) is 4.19. The van der Waals surface area contributed by atoms with Gasteiger partial charge < -0.3 is 14.9 Å². The molecule has 2 aromatic carbocycles. The average Bonchev–Trinajstić information content (AvgIpc) is 3.02. The van der Waals surface area contributed by atoms with Gasteiger partial charge in [-0.1, -0.05) is 25.1 Å². The highest BCUT2D eigenvalue weighted by atomic mass is 32.2. The lowest BCUT2D eigenvalue weighted by molar-refractivity contribution is -0.139. The van der Waals surface area contributed by atoms with Crippen LogP contribution in [0.4, 0.5) is 5.69 Å². The molecule has 1 aliphatic rings. The van der Waals surface area contributed by atoms with Crippen LogP contribution >= 0.6 is 11.8 Å². The fourth-order valence-corrected chi connectivity index (χ4v) is 3.81. The summed E-state index contributed by atoms with van der Waals surface area (Å²) in [5.41, 5.74) is 1.33. The molecule has 2 aromatic rings. The van der Waals surface area contributed by atoms with Crippen molar-refractivity contribution in [2.45, 2.75) is 13.3 Å². The number of carboxylic acid groups (broad SMARTS) is 2. The standard InChI is InChI=1S/C22H20N2O6S/c1-2-10-24-20(27)18(11-14-6-8-17(9-7-14)30-13-19(25)26)31-22(24)23-16-5-3-4-15(12-16)21(28)29/h3-9,11-12H,2,10,13H2,1H3,(H,25,26)(H,28,29)/b18-11-,23-22?. The van der Waals surface area contributed by atoms with Crippen LogP contribution < -0.4 is 4.74 Å². The molecule has 0 aliphatic carbocycles. The predicted molar refractivity (Wildman–Crippen MR) is 118 cm³/mol. The normalized spacial score (nSPS) is 16.2. The molecular formula is C22H20N2O6S. The van der Waals surface area contributed by atoms with Gasteiger partial charge in [0.2, 0.25) is 0 Å².